The van der Waals surface area contributed by atoms with Crippen LogP contribution in [0.15, 0.2) is 48.8 Å². The largest absolute Gasteiger partial charge is 0.350 e. The SMILES string of the molecule is O=C(NCc1ccncc1)C1CCCN1c1nc(Cc2ccc(F)cc2)ns1. The van der Waals surface area contributed by atoms with Gasteiger partial charge in [0, 0.05) is 43.4 Å². The van der Waals surface area contributed by atoms with E-state index in [9.17, 15) is 9.18 Å². The highest BCUT2D eigenvalue weighted by atomic mass is 32.1. The van der Waals surface area contributed by atoms with Gasteiger partial charge in [-0.2, -0.15) is 4.37 Å². The van der Waals surface area contributed by atoms with E-state index < -0.39 is 0 Å². The molecule has 0 spiro atoms. The van der Waals surface area contributed by atoms with Crippen molar-refractivity contribution in [3.05, 3.63) is 71.6 Å². The second-order valence-corrected chi connectivity index (χ2v) is 7.45. The Morgan fingerprint density at radius 3 is 2.75 bits per heavy atom. The maximum atomic E-state index is 13.0. The summed E-state index contributed by atoms with van der Waals surface area (Å²) >= 11 is 1.31. The van der Waals surface area contributed by atoms with Crippen molar-refractivity contribution in [1.82, 2.24) is 19.7 Å². The fourth-order valence-corrected chi connectivity index (χ4v) is 4.06. The van der Waals surface area contributed by atoms with Gasteiger partial charge in [-0.3, -0.25) is 9.78 Å². The van der Waals surface area contributed by atoms with Crippen LogP contribution in [-0.4, -0.2) is 32.8 Å². The van der Waals surface area contributed by atoms with Crippen LogP contribution in [0.1, 0.15) is 29.8 Å². The maximum Gasteiger partial charge on any atom is 0.243 e. The Balaban J connectivity index is 1.39. The van der Waals surface area contributed by atoms with Gasteiger partial charge >= 0.3 is 0 Å². The molecule has 3 aromatic rings. The molecule has 1 aliphatic heterocycles. The van der Waals surface area contributed by atoms with E-state index >= 15 is 0 Å². The molecule has 1 unspecified atom stereocenters. The van der Waals surface area contributed by atoms with E-state index in [-0.39, 0.29) is 17.8 Å². The van der Waals surface area contributed by atoms with Crippen LogP contribution < -0.4 is 10.2 Å². The quantitative estimate of drug-likeness (QED) is 0.693. The molecule has 2 aromatic heterocycles. The fraction of sp³-hybridized carbons (Fsp3) is 0.300. The molecule has 0 saturated carbocycles. The van der Waals surface area contributed by atoms with Gasteiger partial charge in [-0.15, -0.1) is 0 Å². The third-order valence-corrected chi connectivity index (χ3v) is 5.54. The van der Waals surface area contributed by atoms with Crippen molar-refractivity contribution in [3.8, 4) is 0 Å². The Morgan fingerprint density at radius 1 is 1.18 bits per heavy atom. The molecule has 144 valence electrons. The summed E-state index contributed by atoms with van der Waals surface area (Å²) in [6.07, 6.45) is 5.72. The number of pyridine rings is 1. The summed E-state index contributed by atoms with van der Waals surface area (Å²) in [6.45, 7) is 1.27. The van der Waals surface area contributed by atoms with Crippen molar-refractivity contribution in [2.45, 2.75) is 31.8 Å². The standard InChI is InChI=1S/C20H20FN5OS/c21-16-5-3-14(4-6-16)12-18-24-20(28-25-18)26-11-1-2-17(26)19(27)23-13-15-7-9-22-10-8-15/h3-10,17H,1-2,11-13H2,(H,23,27). The molecule has 0 bridgehead atoms. The number of amides is 1. The molecular formula is C20H20FN5OS. The zero-order chi connectivity index (χ0) is 19.3. The van der Waals surface area contributed by atoms with Gasteiger partial charge in [0.05, 0.1) is 0 Å². The minimum atomic E-state index is -0.256. The highest BCUT2D eigenvalue weighted by Crippen LogP contribution is 2.27. The number of nitrogens with one attached hydrogen (secondary N) is 1. The van der Waals surface area contributed by atoms with Crippen LogP contribution in [0.5, 0.6) is 0 Å². The first-order valence-corrected chi connectivity index (χ1v) is 9.96. The van der Waals surface area contributed by atoms with Gasteiger partial charge in [-0.25, -0.2) is 9.37 Å². The van der Waals surface area contributed by atoms with E-state index in [0.29, 0.717) is 18.8 Å². The van der Waals surface area contributed by atoms with E-state index in [1.165, 1.54) is 23.7 Å². The van der Waals surface area contributed by atoms with Crippen LogP contribution in [-0.2, 0) is 17.8 Å². The fourth-order valence-electron chi connectivity index (χ4n) is 3.29. The molecule has 8 heteroatoms. The first-order chi connectivity index (χ1) is 13.7. The van der Waals surface area contributed by atoms with Crippen molar-refractivity contribution in [2.24, 2.45) is 0 Å². The van der Waals surface area contributed by atoms with Crippen molar-refractivity contribution < 1.29 is 9.18 Å². The minimum absolute atomic E-state index is 0.00426. The van der Waals surface area contributed by atoms with Crippen molar-refractivity contribution in [3.63, 3.8) is 0 Å². The Labute approximate surface area is 166 Å². The third kappa shape index (κ3) is 4.33. The monoisotopic (exact) mass is 397 g/mol. The number of halogens is 1. The average molecular weight is 397 g/mol. The summed E-state index contributed by atoms with van der Waals surface area (Å²) in [4.78, 5) is 23.3. The van der Waals surface area contributed by atoms with Gasteiger partial charge in [0.1, 0.15) is 17.7 Å². The number of benzene rings is 1. The smallest absolute Gasteiger partial charge is 0.243 e. The number of hydrogen-bond donors (Lipinski definition) is 1. The van der Waals surface area contributed by atoms with Crippen LogP contribution in [0.4, 0.5) is 9.52 Å². The summed E-state index contributed by atoms with van der Waals surface area (Å²) in [5.41, 5.74) is 1.98. The van der Waals surface area contributed by atoms with Gasteiger partial charge in [0.15, 0.2) is 0 Å². The molecule has 4 rings (SSSR count). The predicted octanol–water partition coefficient (Wildman–Crippen LogP) is 2.95. The third-order valence-electron chi connectivity index (χ3n) is 4.75. The number of aromatic nitrogens is 3. The number of hydrogen-bond acceptors (Lipinski definition) is 6. The molecule has 1 fully saturated rings. The summed E-state index contributed by atoms with van der Waals surface area (Å²) in [5.74, 6) is 0.437. The molecular weight excluding hydrogens is 377 g/mol. The minimum Gasteiger partial charge on any atom is -0.350 e. The normalized spacial score (nSPS) is 16.3. The summed E-state index contributed by atoms with van der Waals surface area (Å²) in [7, 11) is 0. The number of carbonyl (C=O) groups is 1. The van der Waals surface area contributed by atoms with E-state index in [2.05, 4.69) is 19.7 Å². The number of anilines is 1. The first-order valence-electron chi connectivity index (χ1n) is 9.19. The van der Waals surface area contributed by atoms with Gasteiger partial charge < -0.3 is 10.2 Å². The molecule has 1 N–H and O–H groups in total. The highest BCUT2D eigenvalue weighted by Gasteiger charge is 2.32. The van der Waals surface area contributed by atoms with Crippen LogP contribution in [0.25, 0.3) is 0 Å². The van der Waals surface area contributed by atoms with E-state index in [1.54, 1.807) is 24.5 Å². The lowest BCUT2D eigenvalue weighted by atomic mass is 10.1. The van der Waals surface area contributed by atoms with Gasteiger partial charge in [-0.1, -0.05) is 12.1 Å². The number of carbonyl (C=O) groups excluding carboxylic acids is 1. The van der Waals surface area contributed by atoms with Crippen LogP contribution in [0, 0.1) is 5.82 Å². The zero-order valence-corrected chi connectivity index (χ0v) is 16.0. The second kappa shape index (κ2) is 8.43. The molecule has 1 amide bonds. The average Bonchev–Trinajstić information content (AvgIpc) is 3.38. The molecule has 1 aliphatic rings. The molecule has 6 nitrogen and oxygen atoms in total. The summed E-state index contributed by atoms with van der Waals surface area (Å²) in [5, 5.41) is 3.77. The summed E-state index contributed by atoms with van der Waals surface area (Å²) < 4.78 is 17.5. The molecule has 1 atom stereocenters. The molecule has 0 aliphatic carbocycles. The highest BCUT2D eigenvalue weighted by molar-refractivity contribution is 7.09. The van der Waals surface area contributed by atoms with Crippen LogP contribution >= 0.6 is 11.5 Å². The lowest BCUT2D eigenvalue weighted by Crippen LogP contribution is -2.43. The molecule has 3 heterocycles. The maximum absolute atomic E-state index is 13.0. The van der Waals surface area contributed by atoms with Crippen molar-refractivity contribution in [1.29, 1.82) is 0 Å². The van der Waals surface area contributed by atoms with E-state index in [1.807, 2.05) is 17.0 Å². The predicted molar refractivity (Wildman–Crippen MR) is 106 cm³/mol. The van der Waals surface area contributed by atoms with Crippen molar-refractivity contribution in [2.75, 3.05) is 11.4 Å². The molecule has 28 heavy (non-hydrogen) atoms. The van der Waals surface area contributed by atoms with E-state index in [4.69, 9.17) is 0 Å². The Hall–Kier alpha value is -2.87. The molecule has 1 saturated heterocycles. The Morgan fingerprint density at radius 2 is 1.96 bits per heavy atom. The zero-order valence-electron chi connectivity index (χ0n) is 15.2. The topological polar surface area (TPSA) is 71.0 Å². The van der Waals surface area contributed by atoms with Crippen LogP contribution in [0.2, 0.25) is 0 Å². The first kappa shape index (κ1) is 18.5. The van der Waals surface area contributed by atoms with E-state index in [0.717, 1.165) is 35.6 Å². The van der Waals surface area contributed by atoms with Crippen LogP contribution in [0.3, 0.4) is 0 Å². The Bertz CT molecular complexity index is 931. The molecule has 1 aromatic carbocycles. The summed E-state index contributed by atoms with van der Waals surface area (Å²) in [6, 6.07) is 9.90. The van der Waals surface area contributed by atoms with Gasteiger partial charge in [-0.05, 0) is 48.2 Å². The molecule has 0 radical (unpaired) electrons. The Kier molecular flexibility index (Phi) is 5.57. The lowest BCUT2D eigenvalue weighted by Gasteiger charge is -2.22. The second-order valence-electron chi connectivity index (χ2n) is 6.72. The van der Waals surface area contributed by atoms with Gasteiger partial charge in [0.25, 0.3) is 0 Å². The number of rotatable bonds is 6. The van der Waals surface area contributed by atoms with Gasteiger partial charge in [0.2, 0.25) is 11.0 Å². The number of nitrogens with zero attached hydrogens (tertiary/aromatic N) is 4. The van der Waals surface area contributed by atoms with Crippen molar-refractivity contribution >= 4 is 22.6 Å². The lowest BCUT2D eigenvalue weighted by molar-refractivity contribution is -0.122.